The number of hydrogen-bond donors (Lipinski definition) is 2. The van der Waals surface area contributed by atoms with Crippen LogP contribution >= 0.6 is 12.4 Å². The van der Waals surface area contributed by atoms with Crippen molar-refractivity contribution in [3.63, 3.8) is 0 Å². The van der Waals surface area contributed by atoms with Crippen LogP contribution in [0.4, 0.5) is 0 Å². The van der Waals surface area contributed by atoms with Gasteiger partial charge in [-0.2, -0.15) is 4.98 Å². The largest absolute Gasteiger partial charge is 0.347 e. The van der Waals surface area contributed by atoms with E-state index in [2.05, 4.69) is 15.5 Å². The van der Waals surface area contributed by atoms with Gasteiger partial charge < -0.3 is 15.6 Å². The second-order valence-electron chi connectivity index (χ2n) is 5.45. The van der Waals surface area contributed by atoms with Gasteiger partial charge in [-0.25, -0.2) is 0 Å². The van der Waals surface area contributed by atoms with Gasteiger partial charge >= 0.3 is 0 Å². The van der Waals surface area contributed by atoms with E-state index < -0.39 is 0 Å². The van der Waals surface area contributed by atoms with E-state index in [1.54, 1.807) is 6.92 Å². The first kappa shape index (κ1) is 16.9. The Morgan fingerprint density at radius 1 is 1.40 bits per heavy atom. The van der Waals surface area contributed by atoms with Gasteiger partial charge in [0.1, 0.15) is 0 Å². The summed E-state index contributed by atoms with van der Waals surface area (Å²) in [6, 6.07) is 0. The highest BCUT2D eigenvalue weighted by Crippen LogP contribution is 2.38. The van der Waals surface area contributed by atoms with E-state index in [-0.39, 0.29) is 23.7 Å². The zero-order chi connectivity index (χ0) is 13.7. The summed E-state index contributed by atoms with van der Waals surface area (Å²) in [4.78, 5) is 16.0. The molecule has 1 fully saturated rings. The van der Waals surface area contributed by atoms with Gasteiger partial charge in [0, 0.05) is 6.42 Å². The monoisotopic (exact) mass is 302 g/mol. The maximum Gasteiger partial charge on any atom is 0.246 e. The molecule has 0 radical (unpaired) electrons. The Bertz CT molecular complexity index is 430. The van der Waals surface area contributed by atoms with Crippen LogP contribution in [0.15, 0.2) is 4.52 Å². The molecule has 114 valence electrons. The third-order valence-corrected chi connectivity index (χ3v) is 3.89. The fourth-order valence-corrected chi connectivity index (χ4v) is 2.74. The van der Waals surface area contributed by atoms with Crippen LogP contribution < -0.4 is 11.1 Å². The van der Waals surface area contributed by atoms with Crippen molar-refractivity contribution >= 4 is 18.3 Å². The summed E-state index contributed by atoms with van der Waals surface area (Å²) in [5.41, 5.74) is 5.87. The average molecular weight is 303 g/mol. The van der Waals surface area contributed by atoms with Crippen molar-refractivity contribution in [3.8, 4) is 0 Å². The number of nitrogens with zero attached hydrogens (tertiary/aromatic N) is 2. The summed E-state index contributed by atoms with van der Waals surface area (Å²) in [5, 5.41) is 6.51. The standard InChI is InChI=1S/C13H22N4O2.ClH/c1-10-16-12(19-17-10)8-15-11(18)7-13(9-14)5-3-2-4-6-13;/h2-9,14H2,1H3,(H,15,18);1H. The molecule has 0 aliphatic heterocycles. The second kappa shape index (κ2) is 7.59. The number of hydrogen-bond acceptors (Lipinski definition) is 5. The minimum atomic E-state index is -0.00685. The molecular weight excluding hydrogens is 280 g/mol. The van der Waals surface area contributed by atoms with Gasteiger partial charge in [-0.05, 0) is 31.7 Å². The van der Waals surface area contributed by atoms with Gasteiger partial charge in [-0.15, -0.1) is 12.4 Å². The summed E-state index contributed by atoms with van der Waals surface area (Å²) >= 11 is 0. The highest BCUT2D eigenvalue weighted by molar-refractivity contribution is 5.85. The summed E-state index contributed by atoms with van der Waals surface area (Å²) in [6.45, 7) is 2.63. The fraction of sp³-hybridized carbons (Fsp3) is 0.769. The zero-order valence-electron chi connectivity index (χ0n) is 11.9. The van der Waals surface area contributed by atoms with Gasteiger partial charge in [0.15, 0.2) is 5.82 Å². The molecule has 2 rings (SSSR count). The highest BCUT2D eigenvalue weighted by Gasteiger charge is 2.32. The Morgan fingerprint density at radius 2 is 2.10 bits per heavy atom. The molecule has 1 heterocycles. The molecule has 1 aromatic heterocycles. The Labute approximate surface area is 125 Å². The predicted octanol–water partition coefficient (Wildman–Crippen LogP) is 1.72. The molecule has 0 atom stereocenters. The van der Waals surface area contributed by atoms with Crippen LogP contribution in [-0.2, 0) is 11.3 Å². The number of aromatic nitrogens is 2. The molecular formula is C13H23ClN4O2. The highest BCUT2D eigenvalue weighted by atomic mass is 35.5. The number of amides is 1. The molecule has 7 heteroatoms. The molecule has 1 aliphatic carbocycles. The maximum atomic E-state index is 12.0. The van der Waals surface area contributed by atoms with Crippen molar-refractivity contribution in [2.45, 2.75) is 52.0 Å². The number of rotatable bonds is 5. The second-order valence-corrected chi connectivity index (χ2v) is 5.45. The Morgan fingerprint density at radius 3 is 2.65 bits per heavy atom. The molecule has 0 unspecified atom stereocenters. The van der Waals surface area contributed by atoms with Crippen LogP contribution in [0.25, 0.3) is 0 Å². The van der Waals surface area contributed by atoms with Crippen molar-refractivity contribution < 1.29 is 9.32 Å². The normalized spacial score (nSPS) is 17.3. The van der Waals surface area contributed by atoms with Crippen molar-refractivity contribution in [2.75, 3.05) is 6.54 Å². The smallest absolute Gasteiger partial charge is 0.246 e. The molecule has 6 nitrogen and oxygen atoms in total. The Kier molecular flexibility index (Phi) is 6.42. The lowest BCUT2D eigenvalue weighted by Crippen LogP contribution is -2.38. The summed E-state index contributed by atoms with van der Waals surface area (Å²) < 4.78 is 4.96. The lowest BCUT2D eigenvalue weighted by Gasteiger charge is -2.35. The SMILES string of the molecule is Cc1noc(CNC(=O)CC2(CN)CCCCC2)n1.Cl. The molecule has 1 aromatic rings. The number of carbonyl (C=O) groups excluding carboxylic acids is 1. The molecule has 1 aliphatic rings. The minimum absolute atomic E-state index is 0. The van der Waals surface area contributed by atoms with Gasteiger partial charge in [0.2, 0.25) is 11.8 Å². The molecule has 3 N–H and O–H groups in total. The molecule has 0 aromatic carbocycles. The predicted molar refractivity (Wildman–Crippen MR) is 77.3 cm³/mol. The Balaban J connectivity index is 0.00000200. The van der Waals surface area contributed by atoms with Crippen LogP contribution in [0.5, 0.6) is 0 Å². The topological polar surface area (TPSA) is 94.0 Å². The lowest BCUT2D eigenvalue weighted by atomic mass is 9.71. The summed E-state index contributed by atoms with van der Waals surface area (Å²) in [6.07, 6.45) is 6.20. The molecule has 0 spiro atoms. The van der Waals surface area contributed by atoms with E-state index in [0.717, 1.165) is 12.8 Å². The van der Waals surface area contributed by atoms with Gasteiger partial charge in [-0.3, -0.25) is 4.79 Å². The van der Waals surface area contributed by atoms with Crippen LogP contribution in [0.2, 0.25) is 0 Å². The number of carbonyl (C=O) groups is 1. The summed E-state index contributed by atoms with van der Waals surface area (Å²) in [7, 11) is 0. The average Bonchev–Trinajstić information content (AvgIpc) is 2.83. The number of aryl methyl sites for hydroxylation is 1. The van der Waals surface area contributed by atoms with Gasteiger partial charge in [-0.1, -0.05) is 24.4 Å². The first-order valence-electron chi connectivity index (χ1n) is 6.89. The first-order chi connectivity index (χ1) is 9.13. The summed E-state index contributed by atoms with van der Waals surface area (Å²) in [5.74, 6) is 1.04. The van der Waals surface area contributed by atoms with Crippen LogP contribution in [0, 0.1) is 12.3 Å². The lowest BCUT2D eigenvalue weighted by molar-refractivity contribution is -0.124. The minimum Gasteiger partial charge on any atom is -0.347 e. The molecule has 0 bridgehead atoms. The number of halogens is 1. The fourth-order valence-electron chi connectivity index (χ4n) is 2.74. The van der Waals surface area contributed by atoms with Crippen molar-refractivity contribution in [3.05, 3.63) is 11.7 Å². The van der Waals surface area contributed by atoms with E-state index in [9.17, 15) is 4.79 Å². The maximum absolute atomic E-state index is 12.0. The zero-order valence-corrected chi connectivity index (χ0v) is 12.7. The van der Waals surface area contributed by atoms with E-state index in [1.165, 1.54) is 19.3 Å². The van der Waals surface area contributed by atoms with Crippen molar-refractivity contribution in [1.29, 1.82) is 0 Å². The first-order valence-corrected chi connectivity index (χ1v) is 6.89. The number of nitrogens with one attached hydrogen (secondary N) is 1. The van der Waals surface area contributed by atoms with Crippen molar-refractivity contribution in [1.82, 2.24) is 15.5 Å². The van der Waals surface area contributed by atoms with Gasteiger partial charge in [0.05, 0.1) is 6.54 Å². The van der Waals surface area contributed by atoms with E-state index in [0.29, 0.717) is 31.2 Å². The molecule has 1 amide bonds. The van der Waals surface area contributed by atoms with Crippen molar-refractivity contribution in [2.24, 2.45) is 11.1 Å². The third-order valence-electron chi connectivity index (χ3n) is 3.89. The Hall–Kier alpha value is -1.14. The van der Waals surface area contributed by atoms with Crippen LogP contribution in [0.3, 0.4) is 0 Å². The molecule has 20 heavy (non-hydrogen) atoms. The molecule has 0 saturated heterocycles. The quantitative estimate of drug-likeness (QED) is 0.863. The third kappa shape index (κ3) is 4.45. The van der Waals surface area contributed by atoms with Crippen LogP contribution in [-0.4, -0.2) is 22.6 Å². The van der Waals surface area contributed by atoms with Crippen LogP contribution in [0.1, 0.15) is 50.2 Å². The van der Waals surface area contributed by atoms with E-state index in [4.69, 9.17) is 10.3 Å². The van der Waals surface area contributed by atoms with E-state index >= 15 is 0 Å². The van der Waals surface area contributed by atoms with E-state index in [1.807, 2.05) is 0 Å². The van der Waals surface area contributed by atoms with Gasteiger partial charge in [0.25, 0.3) is 0 Å². The number of nitrogens with two attached hydrogens (primary N) is 1. The molecule has 1 saturated carbocycles.